The van der Waals surface area contributed by atoms with E-state index < -0.39 is 5.41 Å². The van der Waals surface area contributed by atoms with Gasteiger partial charge in [-0.25, -0.2) is 4.39 Å². The molecule has 0 spiro atoms. The lowest BCUT2D eigenvalue weighted by atomic mass is 9.63. The Bertz CT molecular complexity index is 547. The molecule has 1 N–H and O–H groups in total. The molecule has 1 aromatic rings. The molecule has 3 rings (SSSR count). The highest BCUT2D eigenvalue weighted by Gasteiger charge is 2.47. The molecule has 1 aromatic carbocycles. The van der Waals surface area contributed by atoms with Crippen molar-refractivity contribution in [2.45, 2.75) is 37.7 Å². The van der Waals surface area contributed by atoms with Crippen molar-refractivity contribution in [3.63, 3.8) is 0 Å². The summed E-state index contributed by atoms with van der Waals surface area (Å²) in [4.78, 5) is 17.2. The number of amides is 1. The molecule has 5 heteroatoms. The van der Waals surface area contributed by atoms with Crippen molar-refractivity contribution in [3.05, 3.63) is 35.6 Å². The fourth-order valence-electron chi connectivity index (χ4n) is 3.74. The van der Waals surface area contributed by atoms with Crippen molar-refractivity contribution in [2.75, 3.05) is 32.7 Å². The van der Waals surface area contributed by atoms with Crippen molar-refractivity contribution >= 4 is 5.91 Å². The van der Waals surface area contributed by atoms with Crippen molar-refractivity contribution in [1.82, 2.24) is 9.80 Å². The summed E-state index contributed by atoms with van der Waals surface area (Å²) < 4.78 is 13.2. The highest BCUT2D eigenvalue weighted by Crippen LogP contribution is 2.45. The van der Waals surface area contributed by atoms with Gasteiger partial charge in [0.25, 0.3) is 0 Å². The Morgan fingerprint density at radius 1 is 1.22 bits per heavy atom. The molecule has 2 fully saturated rings. The van der Waals surface area contributed by atoms with Crippen LogP contribution in [0.15, 0.2) is 24.3 Å². The van der Waals surface area contributed by atoms with Crippen LogP contribution in [-0.2, 0) is 10.2 Å². The van der Waals surface area contributed by atoms with E-state index in [0.29, 0.717) is 19.6 Å². The molecular weight excluding hydrogens is 295 g/mol. The molecule has 1 aliphatic carbocycles. The van der Waals surface area contributed by atoms with Crippen LogP contribution in [0.4, 0.5) is 4.39 Å². The van der Waals surface area contributed by atoms with Gasteiger partial charge >= 0.3 is 0 Å². The SMILES string of the molecule is C[C@H](O)CN1CCN(C(=O)C2(c3ccc(F)cc3)CCC2)CC1. The van der Waals surface area contributed by atoms with Gasteiger partial charge in [0, 0.05) is 32.7 Å². The number of aliphatic hydroxyl groups excluding tert-OH is 1. The van der Waals surface area contributed by atoms with Crippen LogP contribution < -0.4 is 0 Å². The molecule has 0 unspecified atom stereocenters. The number of hydrogen-bond acceptors (Lipinski definition) is 3. The summed E-state index contributed by atoms with van der Waals surface area (Å²) in [7, 11) is 0. The maximum Gasteiger partial charge on any atom is 0.233 e. The number of benzene rings is 1. The molecule has 1 amide bonds. The van der Waals surface area contributed by atoms with Crippen LogP contribution in [0.25, 0.3) is 0 Å². The van der Waals surface area contributed by atoms with Crippen molar-refractivity contribution in [1.29, 1.82) is 0 Å². The van der Waals surface area contributed by atoms with Crippen molar-refractivity contribution in [3.8, 4) is 0 Å². The minimum Gasteiger partial charge on any atom is -0.392 e. The molecule has 4 nitrogen and oxygen atoms in total. The average molecular weight is 320 g/mol. The number of halogens is 1. The molecule has 126 valence electrons. The Kier molecular flexibility index (Phi) is 4.69. The van der Waals surface area contributed by atoms with Crippen LogP contribution in [0.3, 0.4) is 0 Å². The van der Waals surface area contributed by atoms with E-state index in [1.807, 2.05) is 4.90 Å². The van der Waals surface area contributed by atoms with E-state index in [9.17, 15) is 14.3 Å². The van der Waals surface area contributed by atoms with Gasteiger partial charge in [-0.1, -0.05) is 18.6 Å². The van der Waals surface area contributed by atoms with Crippen molar-refractivity contribution in [2.24, 2.45) is 0 Å². The van der Waals surface area contributed by atoms with Gasteiger partial charge in [-0.2, -0.15) is 0 Å². The van der Waals surface area contributed by atoms with E-state index in [1.165, 1.54) is 12.1 Å². The van der Waals surface area contributed by atoms with Crippen LogP contribution in [-0.4, -0.2) is 59.6 Å². The second kappa shape index (κ2) is 6.57. The predicted molar refractivity (Wildman–Crippen MR) is 86.6 cm³/mol. The Hall–Kier alpha value is -1.46. The molecule has 2 aliphatic rings. The zero-order valence-electron chi connectivity index (χ0n) is 13.7. The molecule has 1 saturated carbocycles. The third-order valence-electron chi connectivity index (χ3n) is 5.20. The maximum absolute atomic E-state index is 13.2. The highest BCUT2D eigenvalue weighted by molar-refractivity contribution is 5.89. The summed E-state index contributed by atoms with van der Waals surface area (Å²) in [6.07, 6.45) is 2.41. The molecule has 1 atom stereocenters. The number of hydrogen-bond donors (Lipinski definition) is 1. The first-order chi connectivity index (χ1) is 11.0. The molecule has 0 radical (unpaired) electrons. The Morgan fingerprint density at radius 3 is 2.30 bits per heavy atom. The lowest BCUT2D eigenvalue weighted by molar-refractivity contribution is -0.142. The lowest BCUT2D eigenvalue weighted by Gasteiger charge is -2.46. The standard InChI is InChI=1S/C18H25FN2O2/c1-14(22)13-20-9-11-21(12-10-20)17(23)18(7-2-8-18)15-3-5-16(19)6-4-15/h3-6,14,22H,2,7-13H2,1H3/t14-/m0/s1. The average Bonchev–Trinajstić information content (AvgIpc) is 2.48. The lowest BCUT2D eigenvalue weighted by Crippen LogP contribution is -2.57. The largest absolute Gasteiger partial charge is 0.392 e. The number of rotatable bonds is 4. The van der Waals surface area contributed by atoms with Gasteiger partial charge in [-0.05, 0) is 37.5 Å². The number of nitrogens with zero attached hydrogens (tertiary/aromatic N) is 2. The summed E-state index contributed by atoms with van der Waals surface area (Å²) >= 11 is 0. The fourth-order valence-corrected chi connectivity index (χ4v) is 3.74. The molecule has 0 bridgehead atoms. The predicted octanol–water partition coefficient (Wildman–Crippen LogP) is 1.77. The fraction of sp³-hybridized carbons (Fsp3) is 0.611. The smallest absolute Gasteiger partial charge is 0.233 e. The highest BCUT2D eigenvalue weighted by atomic mass is 19.1. The minimum absolute atomic E-state index is 0.187. The summed E-state index contributed by atoms with van der Waals surface area (Å²) in [6.45, 7) is 5.45. The summed E-state index contributed by atoms with van der Waals surface area (Å²) in [6, 6.07) is 6.42. The zero-order chi connectivity index (χ0) is 16.4. The van der Waals surface area contributed by atoms with E-state index in [0.717, 1.165) is 37.9 Å². The number of aliphatic hydroxyl groups is 1. The van der Waals surface area contributed by atoms with Crippen LogP contribution in [0.5, 0.6) is 0 Å². The second-order valence-electron chi connectivity index (χ2n) is 6.88. The van der Waals surface area contributed by atoms with Crippen LogP contribution in [0.2, 0.25) is 0 Å². The summed E-state index contributed by atoms with van der Waals surface area (Å²) in [5.74, 6) is -0.0746. The number of β-amino-alcohol motifs (C(OH)–C–C–N with tert-alkyl or cyclic N) is 1. The van der Waals surface area contributed by atoms with Gasteiger partial charge < -0.3 is 10.0 Å². The number of piperazine rings is 1. The molecule has 1 saturated heterocycles. The topological polar surface area (TPSA) is 43.8 Å². The first-order valence-electron chi connectivity index (χ1n) is 8.47. The van der Waals surface area contributed by atoms with Crippen LogP contribution >= 0.6 is 0 Å². The quantitative estimate of drug-likeness (QED) is 0.919. The van der Waals surface area contributed by atoms with Gasteiger partial charge in [0.2, 0.25) is 5.91 Å². The summed E-state index contributed by atoms with van der Waals surface area (Å²) in [5.41, 5.74) is 0.502. The van der Waals surface area contributed by atoms with Gasteiger partial charge in [0.05, 0.1) is 11.5 Å². The van der Waals surface area contributed by atoms with E-state index in [2.05, 4.69) is 4.90 Å². The second-order valence-corrected chi connectivity index (χ2v) is 6.88. The monoisotopic (exact) mass is 320 g/mol. The van der Waals surface area contributed by atoms with Gasteiger partial charge in [-0.15, -0.1) is 0 Å². The maximum atomic E-state index is 13.2. The molecule has 0 aromatic heterocycles. The Balaban J connectivity index is 1.68. The van der Waals surface area contributed by atoms with Gasteiger partial charge in [-0.3, -0.25) is 9.69 Å². The first kappa shape index (κ1) is 16.4. The molecule has 1 heterocycles. The normalized spacial score (nSPS) is 22.5. The molecular formula is C18H25FN2O2. The summed E-state index contributed by atoms with van der Waals surface area (Å²) in [5, 5.41) is 9.47. The zero-order valence-corrected chi connectivity index (χ0v) is 13.7. The Labute approximate surface area is 136 Å². The Morgan fingerprint density at radius 2 is 1.83 bits per heavy atom. The van der Waals surface area contributed by atoms with E-state index in [1.54, 1.807) is 19.1 Å². The number of carbonyl (C=O) groups excluding carboxylic acids is 1. The van der Waals surface area contributed by atoms with Crippen molar-refractivity contribution < 1.29 is 14.3 Å². The van der Waals surface area contributed by atoms with Gasteiger partial charge in [0.15, 0.2) is 0 Å². The molecule has 23 heavy (non-hydrogen) atoms. The van der Waals surface area contributed by atoms with Crippen LogP contribution in [0.1, 0.15) is 31.7 Å². The van der Waals surface area contributed by atoms with E-state index in [-0.39, 0.29) is 17.8 Å². The third-order valence-corrected chi connectivity index (χ3v) is 5.20. The first-order valence-corrected chi connectivity index (χ1v) is 8.47. The van der Waals surface area contributed by atoms with Crippen LogP contribution in [0, 0.1) is 5.82 Å². The minimum atomic E-state index is -0.444. The van der Waals surface area contributed by atoms with E-state index >= 15 is 0 Å². The van der Waals surface area contributed by atoms with Gasteiger partial charge in [0.1, 0.15) is 5.82 Å². The molecule has 1 aliphatic heterocycles. The van der Waals surface area contributed by atoms with E-state index in [4.69, 9.17) is 0 Å². The third kappa shape index (κ3) is 3.26. The number of carbonyl (C=O) groups is 1.